The fourth-order valence-corrected chi connectivity index (χ4v) is 3.57. The molecule has 0 N–H and O–H groups in total. The first-order valence-corrected chi connectivity index (χ1v) is 7.49. The lowest BCUT2D eigenvalue weighted by Crippen LogP contribution is -2.59. The Balaban J connectivity index is 1.86. The highest BCUT2D eigenvalue weighted by atomic mass is 35.5. The molecular formula is C15H20ClFN2. The predicted octanol–water partition coefficient (Wildman–Crippen LogP) is 3.54. The van der Waals surface area contributed by atoms with Gasteiger partial charge in [0.2, 0.25) is 0 Å². The Morgan fingerprint density at radius 2 is 2.11 bits per heavy atom. The second-order valence-electron chi connectivity index (χ2n) is 5.72. The third-order valence-corrected chi connectivity index (χ3v) is 4.72. The molecule has 1 aromatic carbocycles. The molecule has 2 aliphatic rings. The molecule has 0 spiro atoms. The second-order valence-corrected chi connectivity index (χ2v) is 6.13. The number of hydrogen-bond donors (Lipinski definition) is 0. The van der Waals surface area contributed by atoms with E-state index in [4.69, 9.17) is 11.6 Å². The van der Waals surface area contributed by atoms with E-state index in [9.17, 15) is 4.39 Å². The Bertz CT molecular complexity index is 465. The maximum absolute atomic E-state index is 14.2. The van der Waals surface area contributed by atoms with E-state index < -0.39 is 0 Å². The molecule has 2 fully saturated rings. The Morgan fingerprint density at radius 3 is 2.95 bits per heavy atom. The van der Waals surface area contributed by atoms with Crippen molar-refractivity contribution in [2.45, 2.75) is 38.3 Å². The molecule has 0 amide bonds. The van der Waals surface area contributed by atoms with E-state index in [2.05, 4.69) is 16.7 Å². The molecule has 2 atom stereocenters. The van der Waals surface area contributed by atoms with E-state index in [1.165, 1.54) is 25.8 Å². The highest BCUT2D eigenvalue weighted by Gasteiger charge is 2.34. The number of rotatable bonds is 1. The standard InChI is InChI=1S/C15H20ClFN2/c1-11-9-18-8-3-2-5-12(18)10-19(11)14-7-4-6-13(16)15(14)17/h4,6-7,11-12H,2-3,5,8-10H2,1H3. The van der Waals surface area contributed by atoms with Crippen LogP contribution in [0.5, 0.6) is 0 Å². The molecule has 0 aliphatic carbocycles. The molecule has 4 heteroatoms. The molecule has 2 saturated heterocycles. The molecule has 0 saturated carbocycles. The summed E-state index contributed by atoms with van der Waals surface area (Å²) in [5.41, 5.74) is 0.658. The van der Waals surface area contributed by atoms with Crippen molar-refractivity contribution in [3.8, 4) is 0 Å². The van der Waals surface area contributed by atoms with Crippen LogP contribution < -0.4 is 4.90 Å². The van der Waals surface area contributed by atoms with Gasteiger partial charge in [-0.15, -0.1) is 0 Å². The summed E-state index contributed by atoms with van der Waals surface area (Å²) >= 11 is 5.91. The van der Waals surface area contributed by atoms with Crippen LogP contribution in [-0.2, 0) is 0 Å². The van der Waals surface area contributed by atoms with Gasteiger partial charge >= 0.3 is 0 Å². The van der Waals surface area contributed by atoms with Crippen LogP contribution >= 0.6 is 11.6 Å². The van der Waals surface area contributed by atoms with Crippen LogP contribution in [0.15, 0.2) is 18.2 Å². The number of piperazine rings is 1. The van der Waals surface area contributed by atoms with Gasteiger partial charge in [0.1, 0.15) is 0 Å². The van der Waals surface area contributed by atoms with E-state index in [1.807, 2.05) is 12.1 Å². The first-order valence-electron chi connectivity index (χ1n) is 7.11. The topological polar surface area (TPSA) is 6.48 Å². The molecular weight excluding hydrogens is 263 g/mol. The number of nitrogens with zero attached hydrogens (tertiary/aromatic N) is 2. The largest absolute Gasteiger partial charge is 0.364 e. The van der Waals surface area contributed by atoms with Gasteiger partial charge in [-0.2, -0.15) is 0 Å². The van der Waals surface area contributed by atoms with Crippen LogP contribution in [0.1, 0.15) is 26.2 Å². The quantitative estimate of drug-likeness (QED) is 0.777. The average Bonchev–Trinajstić information content (AvgIpc) is 2.41. The molecule has 19 heavy (non-hydrogen) atoms. The van der Waals surface area contributed by atoms with Gasteiger partial charge < -0.3 is 4.90 Å². The van der Waals surface area contributed by atoms with Crippen molar-refractivity contribution in [2.75, 3.05) is 24.5 Å². The molecule has 104 valence electrons. The molecule has 2 nitrogen and oxygen atoms in total. The number of fused-ring (bicyclic) bond motifs is 1. The molecule has 2 heterocycles. The van der Waals surface area contributed by atoms with Crippen LogP contribution in [-0.4, -0.2) is 36.6 Å². The van der Waals surface area contributed by atoms with Crippen LogP contribution in [0.25, 0.3) is 0 Å². The SMILES string of the molecule is CC1CN2CCCCC2CN1c1cccc(Cl)c1F. The van der Waals surface area contributed by atoms with E-state index in [-0.39, 0.29) is 10.8 Å². The normalized spacial score (nSPS) is 28.3. The number of piperidine rings is 1. The predicted molar refractivity (Wildman–Crippen MR) is 77.4 cm³/mol. The summed E-state index contributed by atoms with van der Waals surface area (Å²) in [5, 5.41) is 0.218. The highest BCUT2D eigenvalue weighted by Crippen LogP contribution is 2.31. The second kappa shape index (κ2) is 5.29. The van der Waals surface area contributed by atoms with Gasteiger partial charge in [0.05, 0.1) is 10.7 Å². The van der Waals surface area contributed by atoms with E-state index in [0.29, 0.717) is 17.8 Å². The first-order chi connectivity index (χ1) is 9.16. The summed E-state index contributed by atoms with van der Waals surface area (Å²) in [7, 11) is 0. The van der Waals surface area contributed by atoms with Crippen LogP contribution in [0.3, 0.4) is 0 Å². The Hall–Kier alpha value is -0.800. The molecule has 2 aliphatic heterocycles. The summed E-state index contributed by atoms with van der Waals surface area (Å²) < 4.78 is 14.2. The van der Waals surface area contributed by atoms with Gasteiger partial charge in [-0.05, 0) is 38.4 Å². The van der Waals surface area contributed by atoms with E-state index in [1.54, 1.807) is 6.07 Å². The minimum Gasteiger partial charge on any atom is -0.364 e. The van der Waals surface area contributed by atoms with Crippen LogP contribution in [0, 0.1) is 5.82 Å². The smallest absolute Gasteiger partial charge is 0.165 e. The van der Waals surface area contributed by atoms with Gasteiger partial charge in [-0.3, -0.25) is 4.90 Å². The van der Waals surface area contributed by atoms with Crippen molar-refractivity contribution in [3.63, 3.8) is 0 Å². The van der Waals surface area contributed by atoms with Crippen molar-refractivity contribution in [1.29, 1.82) is 0 Å². The average molecular weight is 283 g/mol. The molecule has 0 radical (unpaired) electrons. The Morgan fingerprint density at radius 1 is 1.26 bits per heavy atom. The molecule has 0 aromatic heterocycles. The Kier molecular flexibility index (Phi) is 3.68. The van der Waals surface area contributed by atoms with Gasteiger partial charge in [0.25, 0.3) is 0 Å². The third kappa shape index (κ3) is 2.46. The van der Waals surface area contributed by atoms with Gasteiger partial charge in [-0.25, -0.2) is 4.39 Å². The van der Waals surface area contributed by atoms with Crippen molar-refractivity contribution in [1.82, 2.24) is 4.90 Å². The number of benzene rings is 1. The minimum absolute atomic E-state index is 0.218. The molecule has 3 rings (SSSR count). The highest BCUT2D eigenvalue weighted by molar-refractivity contribution is 6.31. The zero-order chi connectivity index (χ0) is 13.4. The van der Waals surface area contributed by atoms with Crippen molar-refractivity contribution >= 4 is 17.3 Å². The zero-order valence-corrected chi connectivity index (χ0v) is 12.0. The third-order valence-electron chi connectivity index (χ3n) is 4.43. The first kappa shape index (κ1) is 13.2. The van der Waals surface area contributed by atoms with Crippen LogP contribution in [0.2, 0.25) is 5.02 Å². The molecule has 1 aromatic rings. The lowest BCUT2D eigenvalue weighted by Gasteiger charge is -2.48. The van der Waals surface area contributed by atoms with Crippen molar-refractivity contribution in [2.24, 2.45) is 0 Å². The number of hydrogen-bond acceptors (Lipinski definition) is 2. The van der Waals surface area contributed by atoms with E-state index in [0.717, 1.165) is 13.1 Å². The van der Waals surface area contributed by atoms with Gasteiger partial charge in [-0.1, -0.05) is 24.1 Å². The summed E-state index contributed by atoms with van der Waals surface area (Å²) in [5.74, 6) is -0.278. The van der Waals surface area contributed by atoms with Gasteiger partial charge in [0, 0.05) is 25.2 Å². The summed E-state index contributed by atoms with van der Waals surface area (Å²) in [6.07, 6.45) is 3.82. The van der Waals surface area contributed by atoms with Gasteiger partial charge in [0.15, 0.2) is 5.82 Å². The maximum Gasteiger partial charge on any atom is 0.165 e. The van der Waals surface area contributed by atoms with Crippen molar-refractivity contribution in [3.05, 3.63) is 29.0 Å². The number of anilines is 1. The zero-order valence-electron chi connectivity index (χ0n) is 11.3. The lowest BCUT2D eigenvalue weighted by atomic mass is 9.96. The summed E-state index contributed by atoms with van der Waals surface area (Å²) in [4.78, 5) is 4.75. The van der Waals surface area contributed by atoms with E-state index >= 15 is 0 Å². The number of halogens is 2. The molecule has 0 bridgehead atoms. The van der Waals surface area contributed by atoms with Crippen molar-refractivity contribution < 1.29 is 4.39 Å². The fourth-order valence-electron chi connectivity index (χ4n) is 3.40. The maximum atomic E-state index is 14.2. The summed E-state index contributed by atoms with van der Waals surface area (Å²) in [6.45, 7) is 5.31. The molecule has 2 unspecified atom stereocenters. The fraction of sp³-hybridized carbons (Fsp3) is 0.600. The van der Waals surface area contributed by atoms with Crippen LogP contribution in [0.4, 0.5) is 10.1 Å². The lowest BCUT2D eigenvalue weighted by molar-refractivity contribution is 0.115. The Labute approximate surface area is 119 Å². The summed E-state index contributed by atoms with van der Waals surface area (Å²) in [6, 6.07) is 6.20. The minimum atomic E-state index is -0.278. The monoisotopic (exact) mass is 282 g/mol.